The number of halogens is 1. The fraction of sp³-hybridized carbons (Fsp3) is 0.417. The van der Waals surface area contributed by atoms with Gasteiger partial charge >= 0.3 is 117 Å². The normalized spacial score (nSPS) is 14.0. The molecule has 0 aliphatic carbocycles. The Morgan fingerprint density at radius 3 is 2.42 bits per heavy atom. The molecule has 5 nitrogen and oxygen atoms in total. The van der Waals surface area contributed by atoms with Gasteiger partial charge in [-0.05, 0) is 0 Å². The van der Waals surface area contributed by atoms with Crippen molar-refractivity contribution in [3.63, 3.8) is 0 Å². The van der Waals surface area contributed by atoms with E-state index in [-0.39, 0.29) is 6.10 Å². The Bertz CT molecular complexity index is 413. The first kappa shape index (κ1) is 16.2. The van der Waals surface area contributed by atoms with E-state index in [2.05, 4.69) is 5.09 Å². The zero-order valence-electron chi connectivity index (χ0n) is 11.1. The summed E-state index contributed by atoms with van der Waals surface area (Å²) in [5, 5.41) is 2.57. The van der Waals surface area contributed by atoms with Crippen molar-refractivity contribution in [1.82, 2.24) is 5.09 Å². The van der Waals surface area contributed by atoms with Crippen molar-refractivity contribution < 1.29 is 18.9 Å². The van der Waals surface area contributed by atoms with Crippen molar-refractivity contribution >= 4 is 24.4 Å². The first-order chi connectivity index (χ1) is 8.80. The summed E-state index contributed by atoms with van der Waals surface area (Å²) in [6.45, 7) is 5.05. The Kier molecular flexibility index (Phi) is 6.01. The van der Waals surface area contributed by atoms with Crippen molar-refractivity contribution in [1.29, 1.82) is 0 Å². The molecule has 0 saturated carbocycles. The molecule has 0 spiro atoms. The number of carbonyl (C=O) groups excluding carboxylic acids is 1. The molecule has 0 fully saturated rings. The van der Waals surface area contributed by atoms with Crippen LogP contribution in [0.25, 0.3) is 0 Å². The standard InChI is InChI=1S/C12H19ClNO4P/c1-9(2)17-12(15)10(3)14-19(13,16)18-11-7-5-4-6-8-11/h4-10,14,16,19H,1-3H3/t10-/m0/s1. The third-order valence-corrected chi connectivity index (χ3v) is 3.95. The zero-order chi connectivity index (χ0) is 14.5. The van der Waals surface area contributed by atoms with Gasteiger partial charge in [-0.15, -0.1) is 0 Å². The van der Waals surface area contributed by atoms with Gasteiger partial charge < -0.3 is 0 Å². The maximum atomic E-state index is 11.6. The molecule has 1 atom stereocenters. The summed E-state index contributed by atoms with van der Waals surface area (Å²) >= 11 is 5.90. The topological polar surface area (TPSA) is 67.8 Å². The quantitative estimate of drug-likeness (QED) is 0.624. The number of hydrogen-bond donors (Lipinski definition) is 2. The minimum absolute atomic E-state index is 0.225. The van der Waals surface area contributed by atoms with Crippen molar-refractivity contribution in [3.05, 3.63) is 30.3 Å². The van der Waals surface area contributed by atoms with Gasteiger partial charge in [0.05, 0.1) is 0 Å². The number of para-hydroxylation sites is 1. The van der Waals surface area contributed by atoms with Gasteiger partial charge in [0.15, 0.2) is 0 Å². The fourth-order valence-corrected chi connectivity index (χ4v) is 3.25. The summed E-state index contributed by atoms with van der Waals surface area (Å²) < 4.78 is 10.3. The molecule has 0 aliphatic rings. The molecule has 7 heteroatoms. The number of esters is 1. The SMILES string of the molecule is CC(C)OC(=O)[C@H](C)N[PH](O)(Cl)Oc1ccccc1. The Morgan fingerprint density at radius 1 is 1.32 bits per heavy atom. The molecule has 2 N–H and O–H groups in total. The van der Waals surface area contributed by atoms with Crippen LogP contribution < -0.4 is 9.61 Å². The third kappa shape index (κ3) is 6.21. The molecule has 0 amide bonds. The molecular formula is C12H19ClNO4P. The summed E-state index contributed by atoms with van der Waals surface area (Å²) in [5.41, 5.74) is 0. The molecule has 108 valence electrons. The van der Waals surface area contributed by atoms with Gasteiger partial charge in [-0.3, -0.25) is 0 Å². The Morgan fingerprint density at radius 2 is 1.89 bits per heavy atom. The van der Waals surface area contributed by atoms with Crippen molar-refractivity contribution in [2.45, 2.75) is 32.9 Å². The molecule has 0 bridgehead atoms. The number of nitrogens with one attached hydrogen (secondary N) is 1. The fourth-order valence-electron chi connectivity index (χ4n) is 1.33. The first-order valence-corrected chi connectivity index (χ1v) is 8.80. The average Bonchev–Trinajstić information content (AvgIpc) is 2.27. The van der Waals surface area contributed by atoms with Crippen LogP contribution in [-0.2, 0) is 9.53 Å². The van der Waals surface area contributed by atoms with E-state index in [1.165, 1.54) is 0 Å². The first-order valence-electron chi connectivity index (χ1n) is 5.93. The number of hydrogen-bond acceptors (Lipinski definition) is 5. The second-order valence-electron chi connectivity index (χ2n) is 4.33. The van der Waals surface area contributed by atoms with Gasteiger partial charge in [-0.25, -0.2) is 0 Å². The van der Waals surface area contributed by atoms with Gasteiger partial charge in [0.25, 0.3) is 0 Å². The predicted octanol–water partition coefficient (Wildman–Crippen LogP) is 2.64. The second kappa shape index (κ2) is 7.06. The monoisotopic (exact) mass is 307 g/mol. The van der Waals surface area contributed by atoms with Crippen LogP contribution in [0.2, 0.25) is 0 Å². The summed E-state index contributed by atoms with van der Waals surface area (Å²) in [6.07, 6.45) is -0.225. The summed E-state index contributed by atoms with van der Waals surface area (Å²) in [5.74, 6) is -0.0539. The van der Waals surface area contributed by atoms with Crippen LogP contribution in [0.5, 0.6) is 5.75 Å². The molecule has 0 unspecified atom stereocenters. The van der Waals surface area contributed by atoms with Crippen LogP contribution in [0, 0.1) is 0 Å². The van der Waals surface area contributed by atoms with E-state index < -0.39 is 19.2 Å². The molecule has 1 rings (SSSR count). The van der Waals surface area contributed by atoms with Crippen LogP contribution in [0.4, 0.5) is 0 Å². The maximum absolute atomic E-state index is 11.6. The van der Waals surface area contributed by atoms with Gasteiger partial charge in [0, 0.05) is 0 Å². The Labute approximate surface area is 118 Å². The zero-order valence-corrected chi connectivity index (χ0v) is 12.8. The van der Waals surface area contributed by atoms with Crippen LogP contribution in [0.15, 0.2) is 30.3 Å². The van der Waals surface area contributed by atoms with E-state index in [1.54, 1.807) is 45.0 Å². The summed E-state index contributed by atoms with van der Waals surface area (Å²) in [7, 11) is -3.70. The van der Waals surface area contributed by atoms with Crippen LogP contribution in [0.1, 0.15) is 20.8 Å². The van der Waals surface area contributed by atoms with Gasteiger partial charge in [0.2, 0.25) is 0 Å². The van der Waals surface area contributed by atoms with E-state index >= 15 is 0 Å². The Balaban J connectivity index is 2.56. The van der Waals surface area contributed by atoms with Crippen molar-refractivity contribution in [3.8, 4) is 5.75 Å². The molecule has 0 aliphatic heterocycles. The molecule has 1 aromatic rings. The average molecular weight is 308 g/mol. The van der Waals surface area contributed by atoms with Crippen LogP contribution in [0.3, 0.4) is 0 Å². The van der Waals surface area contributed by atoms with Gasteiger partial charge in [0.1, 0.15) is 0 Å². The summed E-state index contributed by atoms with van der Waals surface area (Å²) in [6, 6.07) is 7.91. The van der Waals surface area contributed by atoms with Gasteiger partial charge in [-0.2, -0.15) is 0 Å². The van der Waals surface area contributed by atoms with Crippen LogP contribution in [-0.4, -0.2) is 23.0 Å². The Hall–Kier alpha value is -0.870. The molecular weight excluding hydrogens is 289 g/mol. The van der Waals surface area contributed by atoms with Crippen LogP contribution >= 0.6 is 18.5 Å². The van der Waals surface area contributed by atoms with Crippen molar-refractivity contribution in [2.75, 3.05) is 0 Å². The molecule has 0 heterocycles. The number of benzene rings is 1. The van der Waals surface area contributed by atoms with E-state index in [0.717, 1.165) is 0 Å². The number of carbonyl (C=O) groups is 1. The van der Waals surface area contributed by atoms with Gasteiger partial charge in [-0.1, -0.05) is 0 Å². The molecule has 0 radical (unpaired) electrons. The van der Waals surface area contributed by atoms with E-state index in [0.29, 0.717) is 5.75 Å². The summed E-state index contributed by atoms with van der Waals surface area (Å²) in [4.78, 5) is 21.6. The van der Waals surface area contributed by atoms with E-state index in [9.17, 15) is 9.69 Å². The molecule has 1 aromatic carbocycles. The van der Waals surface area contributed by atoms with E-state index in [1.807, 2.05) is 6.07 Å². The predicted molar refractivity (Wildman–Crippen MR) is 77.3 cm³/mol. The molecule has 0 aromatic heterocycles. The van der Waals surface area contributed by atoms with Crippen molar-refractivity contribution in [2.24, 2.45) is 0 Å². The van der Waals surface area contributed by atoms with E-state index in [4.69, 9.17) is 20.5 Å². The second-order valence-corrected chi connectivity index (χ2v) is 7.48. The molecule has 19 heavy (non-hydrogen) atoms. The number of rotatable bonds is 6. The molecule has 0 saturated heterocycles. The number of ether oxygens (including phenoxy) is 1. The minimum atomic E-state index is -3.70. The third-order valence-electron chi connectivity index (χ3n) is 2.10.